The molecular formula is C12H9ClN2O2S. The van der Waals surface area contributed by atoms with Crippen LogP contribution >= 0.6 is 23.4 Å². The number of benzene rings is 1. The summed E-state index contributed by atoms with van der Waals surface area (Å²) in [4.78, 5) is 19.6. The average Bonchev–Trinajstić information content (AvgIpc) is 2.31. The van der Waals surface area contributed by atoms with E-state index in [4.69, 9.17) is 16.7 Å². The van der Waals surface area contributed by atoms with Crippen LogP contribution in [0.3, 0.4) is 0 Å². The Morgan fingerprint density at radius 1 is 1.28 bits per heavy atom. The molecule has 6 heteroatoms. The van der Waals surface area contributed by atoms with Crippen LogP contribution in [0.2, 0.25) is 5.15 Å². The largest absolute Gasteiger partial charge is 0.481 e. The lowest BCUT2D eigenvalue weighted by molar-refractivity contribution is -0.136. The SMILES string of the molecule is O=C(O)Cc1ccc(Sc2cncc(Cl)n2)cc1. The van der Waals surface area contributed by atoms with Crippen molar-refractivity contribution in [1.29, 1.82) is 0 Å². The Balaban J connectivity index is 2.08. The molecule has 0 atom stereocenters. The van der Waals surface area contributed by atoms with E-state index in [9.17, 15) is 4.79 Å². The fraction of sp³-hybridized carbons (Fsp3) is 0.0833. The van der Waals surface area contributed by atoms with E-state index in [1.165, 1.54) is 18.0 Å². The molecule has 92 valence electrons. The summed E-state index contributed by atoms with van der Waals surface area (Å²) in [5.74, 6) is -0.837. The average molecular weight is 281 g/mol. The number of halogens is 1. The first-order valence-electron chi connectivity index (χ1n) is 5.09. The first kappa shape index (κ1) is 12.9. The highest BCUT2D eigenvalue weighted by atomic mass is 35.5. The summed E-state index contributed by atoms with van der Waals surface area (Å²) in [6, 6.07) is 7.28. The minimum atomic E-state index is -0.837. The maximum atomic E-state index is 10.5. The highest BCUT2D eigenvalue weighted by Crippen LogP contribution is 2.26. The highest BCUT2D eigenvalue weighted by Gasteiger charge is 2.03. The van der Waals surface area contributed by atoms with E-state index in [-0.39, 0.29) is 6.42 Å². The second-order valence-electron chi connectivity index (χ2n) is 3.50. The van der Waals surface area contributed by atoms with Crippen LogP contribution in [-0.2, 0) is 11.2 Å². The van der Waals surface area contributed by atoms with Gasteiger partial charge in [-0.1, -0.05) is 35.5 Å². The van der Waals surface area contributed by atoms with E-state index in [1.807, 2.05) is 12.1 Å². The Morgan fingerprint density at radius 2 is 2.00 bits per heavy atom. The van der Waals surface area contributed by atoms with Crippen molar-refractivity contribution in [3.05, 3.63) is 47.4 Å². The summed E-state index contributed by atoms with van der Waals surface area (Å²) in [5, 5.41) is 9.72. The Bertz CT molecular complexity index is 560. The minimum absolute atomic E-state index is 0.0297. The van der Waals surface area contributed by atoms with Gasteiger partial charge in [0.25, 0.3) is 0 Å². The number of carbonyl (C=O) groups is 1. The van der Waals surface area contributed by atoms with Crippen LogP contribution in [0.4, 0.5) is 0 Å². The van der Waals surface area contributed by atoms with Crippen LogP contribution in [0, 0.1) is 0 Å². The summed E-state index contributed by atoms with van der Waals surface area (Å²) in [6.07, 6.45) is 3.13. The quantitative estimate of drug-likeness (QED) is 0.933. The van der Waals surface area contributed by atoms with E-state index < -0.39 is 5.97 Å². The standard InChI is InChI=1S/C12H9ClN2O2S/c13-10-6-14-7-11(15-10)18-9-3-1-8(2-4-9)5-12(16)17/h1-4,6-7H,5H2,(H,16,17). The molecule has 1 aromatic carbocycles. The lowest BCUT2D eigenvalue weighted by atomic mass is 10.2. The van der Waals surface area contributed by atoms with Crippen molar-refractivity contribution in [3.63, 3.8) is 0 Å². The number of rotatable bonds is 4. The van der Waals surface area contributed by atoms with Crippen LogP contribution in [0.1, 0.15) is 5.56 Å². The molecule has 0 saturated heterocycles. The van der Waals surface area contributed by atoms with Gasteiger partial charge in [-0.2, -0.15) is 0 Å². The Labute approximate surface area is 113 Å². The molecule has 1 aromatic heterocycles. The predicted molar refractivity (Wildman–Crippen MR) is 68.9 cm³/mol. The molecule has 0 aliphatic rings. The third-order valence-electron chi connectivity index (χ3n) is 2.08. The van der Waals surface area contributed by atoms with Gasteiger partial charge in [0.1, 0.15) is 10.2 Å². The summed E-state index contributed by atoms with van der Waals surface area (Å²) >= 11 is 7.17. The fourth-order valence-corrected chi connectivity index (χ4v) is 2.31. The molecule has 0 aliphatic carbocycles. The topological polar surface area (TPSA) is 63.1 Å². The first-order valence-corrected chi connectivity index (χ1v) is 6.29. The lowest BCUT2D eigenvalue weighted by Gasteiger charge is -2.02. The van der Waals surface area contributed by atoms with Crippen molar-refractivity contribution < 1.29 is 9.90 Å². The van der Waals surface area contributed by atoms with Gasteiger partial charge in [-0.15, -0.1) is 0 Å². The van der Waals surface area contributed by atoms with Crippen molar-refractivity contribution in [2.24, 2.45) is 0 Å². The number of nitrogens with zero attached hydrogens (tertiary/aromatic N) is 2. The number of hydrogen-bond donors (Lipinski definition) is 1. The molecular weight excluding hydrogens is 272 g/mol. The van der Waals surface area contributed by atoms with Gasteiger partial charge < -0.3 is 5.11 Å². The fourth-order valence-electron chi connectivity index (χ4n) is 1.35. The second kappa shape index (κ2) is 5.84. The lowest BCUT2D eigenvalue weighted by Crippen LogP contribution is -1.99. The molecule has 0 bridgehead atoms. The van der Waals surface area contributed by atoms with Gasteiger partial charge >= 0.3 is 5.97 Å². The number of carboxylic acid groups (broad SMARTS) is 1. The molecule has 0 unspecified atom stereocenters. The zero-order valence-electron chi connectivity index (χ0n) is 9.21. The van der Waals surface area contributed by atoms with E-state index >= 15 is 0 Å². The molecule has 1 heterocycles. The van der Waals surface area contributed by atoms with Gasteiger partial charge in [-0.25, -0.2) is 4.98 Å². The number of carboxylic acids is 1. The zero-order valence-corrected chi connectivity index (χ0v) is 10.8. The molecule has 0 aliphatic heterocycles. The van der Waals surface area contributed by atoms with Gasteiger partial charge in [0.2, 0.25) is 0 Å². The van der Waals surface area contributed by atoms with Crippen LogP contribution in [0.15, 0.2) is 46.6 Å². The third-order valence-corrected chi connectivity index (χ3v) is 3.18. The summed E-state index contributed by atoms with van der Waals surface area (Å²) in [6.45, 7) is 0. The van der Waals surface area contributed by atoms with Crippen molar-refractivity contribution in [3.8, 4) is 0 Å². The first-order chi connectivity index (χ1) is 8.63. The summed E-state index contributed by atoms with van der Waals surface area (Å²) in [7, 11) is 0. The molecule has 0 fully saturated rings. The molecule has 2 rings (SSSR count). The van der Waals surface area contributed by atoms with Crippen LogP contribution in [0.25, 0.3) is 0 Å². The summed E-state index contributed by atoms with van der Waals surface area (Å²) < 4.78 is 0. The third kappa shape index (κ3) is 3.72. The Hall–Kier alpha value is -1.59. The highest BCUT2D eigenvalue weighted by molar-refractivity contribution is 7.99. The molecule has 4 nitrogen and oxygen atoms in total. The van der Waals surface area contributed by atoms with Gasteiger partial charge in [0, 0.05) is 4.90 Å². The normalized spacial score (nSPS) is 10.3. The van der Waals surface area contributed by atoms with Gasteiger partial charge in [0.05, 0.1) is 18.8 Å². The van der Waals surface area contributed by atoms with E-state index in [0.717, 1.165) is 10.5 Å². The predicted octanol–water partition coefficient (Wildman–Crippen LogP) is 2.91. The number of aromatic nitrogens is 2. The smallest absolute Gasteiger partial charge is 0.307 e. The molecule has 2 aromatic rings. The van der Waals surface area contributed by atoms with E-state index in [2.05, 4.69) is 9.97 Å². The van der Waals surface area contributed by atoms with Crippen molar-refractivity contribution >= 4 is 29.3 Å². The van der Waals surface area contributed by atoms with E-state index in [1.54, 1.807) is 18.3 Å². The number of hydrogen-bond acceptors (Lipinski definition) is 4. The van der Waals surface area contributed by atoms with Gasteiger partial charge in [-0.05, 0) is 17.7 Å². The molecule has 0 amide bonds. The molecule has 0 radical (unpaired) electrons. The second-order valence-corrected chi connectivity index (χ2v) is 4.98. The molecule has 18 heavy (non-hydrogen) atoms. The molecule has 0 saturated carbocycles. The van der Waals surface area contributed by atoms with Gasteiger partial charge in [0.15, 0.2) is 0 Å². The zero-order chi connectivity index (χ0) is 13.0. The molecule has 0 spiro atoms. The van der Waals surface area contributed by atoms with Crippen molar-refractivity contribution in [2.75, 3.05) is 0 Å². The van der Waals surface area contributed by atoms with Crippen LogP contribution in [-0.4, -0.2) is 21.0 Å². The Kier molecular flexibility index (Phi) is 4.17. The molecule has 1 N–H and O–H groups in total. The van der Waals surface area contributed by atoms with Crippen LogP contribution in [0.5, 0.6) is 0 Å². The number of aliphatic carboxylic acids is 1. The maximum absolute atomic E-state index is 10.5. The monoisotopic (exact) mass is 280 g/mol. The Morgan fingerprint density at radius 3 is 2.61 bits per heavy atom. The van der Waals surface area contributed by atoms with Crippen LogP contribution < -0.4 is 0 Å². The van der Waals surface area contributed by atoms with Crippen molar-refractivity contribution in [1.82, 2.24) is 9.97 Å². The van der Waals surface area contributed by atoms with E-state index in [0.29, 0.717) is 10.2 Å². The summed E-state index contributed by atoms with van der Waals surface area (Å²) in [5.41, 5.74) is 0.768. The van der Waals surface area contributed by atoms with Crippen molar-refractivity contribution in [2.45, 2.75) is 16.3 Å². The minimum Gasteiger partial charge on any atom is -0.481 e. The van der Waals surface area contributed by atoms with Gasteiger partial charge in [-0.3, -0.25) is 9.78 Å². The maximum Gasteiger partial charge on any atom is 0.307 e.